The molecular formula is C24H32N2OS. The number of nitrogens with zero attached hydrogens (tertiary/aromatic N) is 2. The van der Waals surface area contributed by atoms with Crippen LogP contribution in [0.15, 0.2) is 42.5 Å². The molecule has 2 aliphatic rings. The molecule has 0 radical (unpaired) electrons. The fraction of sp³-hybridized carbons (Fsp3) is 0.500. The number of hydrogen-bond acceptors (Lipinski definition) is 4. The second kappa shape index (κ2) is 8.48. The number of aryl methyl sites for hydroxylation is 2. The SMILES string of the molecule is Cc1ccc(-c2ccc(N3CCN(SC4(C)CCOCC4)CC3)cc2)cc1C. The topological polar surface area (TPSA) is 15.7 Å². The monoisotopic (exact) mass is 396 g/mol. The molecule has 28 heavy (non-hydrogen) atoms. The molecule has 0 atom stereocenters. The molecule has 0 N–H and O–H groups in total. The van der Waals surface area contributed by atoms with Gasteiger partial charge in [-0.3, -0.25) is 0 Å². The Morgan fingerprint density at radius 1 is 0.821 bits per heavy atom. The van der Waals surface area contributed by atoms with Gasteiger partial charge in [-0.2, -0.15) is 0 Å². The number of benzene rings is 2. The predicted octanol–water partition coefficient (Wildman–Crippen LogP) is 5.31. The summed E-state index contributed by atoms with van der Waals surface area (Å²) in [6.07, 6.45) is 2.33. The van der Waals surface area contributed by atoms with Crippen LogP contribution in [0.4, 0.5) is 5.69 Å². The average molecular weight is 397 g/mol. The summed E-state index contributed by atoms with van der Waals surface area (Å²) in [6, 6.07) is 15.8. The van der Waals surface area contributed by atoms with E-state index in [0.29, 0.717) is 4.75 Å². The summed E-state index contributed by atoms with van der Waals surface area (Å²) >= 11 is 2.07. The van der Waals surface area contributed by atoms with Crippen molar-refractivity contribution in [2.75, 3.05) is 44.3 Å². The van der Waals surface area contributed by atoms with Gasteiger partial charge >= 0.3 is 0 Å². The third-order valence-corrected chi connectivity index (χ3v) is 7.68. The van der Waals surface area contributed by atoms with E-state index < -0.39 is 0 Å². The fourth-order valence-electron chi connectivity index (χ4n) is 4.03. The van der Waals surface area contributed by atoms with Crippen molar-refractivity contribution in [2.24, 2.45) is 0 Å². The van der Waals surface area contributed by atoms with Gasteiger partial charge < -0.3 is 9.64 Å². The number of hydrogen-bond donors (Lipinski definition) is 0. The van der Waals surface area contributed by atoms with Gasteiger partial charge in [0.1, 0.15) is 0 Å². The molecule has 0 amide bonds. The average Bonchev–Trinajstić information content (AvgIpc) is 2.71. The summed E-state index contributed by atoms with van der Waals surface area (Å²) in [5, 5.41) is 0. The second-order valence-corrected chi connectivity index (χ2v) is 10.1. The Hall–Kier alpha value is -1.49. The van der Waals surface area contributed by atoms with E-state index >= 15 is 0 Å². The predicted molar refractivity (Wildman–Crippen MR) is 121 cm³/mol. The molecule has 3 nitrogen and oxygen atoms in total. The van der Waals surface area contributed by atoms with Crippen molar-refractivity contribution in [3.63, 3.8) is 0 Å². The normalized spacial score (nSPS) is 20.3. The zero-order valence-electron chi connectivity index (χ0n) is 17.4. The molecule has 2 aromatic carbocycles. The molecule has 2 saturated heterocycles. The van der Waals surface area contributed by atoms with Gasteiger partial charge in [-0.15, -0.1) is 0 Å². The van der Waals surface area contributed by atoms with Crippen molar-refractivity contribution >= 4 is 17.6 Å². The molecular weight excluding hydrogens is 364 g/mol. The number of ether oxygens (including phenoxy) is 1. The first-order chi connectivity index (χ1) is 13.5. The van der Waals surface area contributed by atoms with Crippen LogP contribution in [0, 0.1) is 13.8 Å². The third kappa shape index (κ3) is 4.56. The highest BCUT2D eigenvalue weighted by Crippen LogP contribution is 2.38. The highest BCUT2D eigenvalue weighted by atomic mass is 32.2. The van der Waals surface area contributed by atoms with Crippen molar-refractivity contribution < 1.29 is 4.74 Å². The Morgan fingerprint density at radius 2 is 1.46 bits per heavy atom. The summed E-state index contributed by atoms with van der Waals surface area (Å²) in [4.78, 5) is 2.52. The molecule has 0 spiro atoms. The van der Waals surface area contributed by atoms with Crippen LogP contribution in [0.25, 0.3) is 11.1 Å². The van der Waals surface area contributed by atoms with E-state index in [0.717, 1.165) is 52.2 Å². The summed E-state index contributed by atoms with van der Waals surface area (Å²) in [5.41, 5.74) is 6.66. The van der Waals surface area contributed by atoms with E-state index in [4.69, 9.17) is 4.74 Å². The highest BCUT2D eigenvalue weighted by Gasteiger charge is 2.32. The number of anilines is 1. The van der Waals surface area contributed by atoms with Crippen LogP contribution in [0.3, 0.4) is 0 Å². The van der Waals surface area contributed by atoms with Gasteiger partial charge in [0.15, 0.2) is 0 Å². The molecule has 2 fully saturated rings. The zero-order chi connectivity index (χ0) is 19.6. The van der Waals surface area contributed by atoms with Crippen LogP contribution < -0.4 is 4.90 Å². The summed E-state index contributed by atoms with van der Waals surface area (Å²) in [5.74, 6) is 0. The van der Waals surface area contributed by atoms with Crippen molar-refractivity contribution in [3.8, 4) is 11.1 Å². The lowest BCUT2D eigenvalue weighted by Crippen LogP contribution is -2.46. The fourth-order valence-corrected chi connectivity index (χ4v) is 5.35. The van der Waals surface area contributed by atoms with E-state index in [1.165, 1.54) is 27.9 Å². The van der Waals surface area contributed by atoms with E-state index in [1.54, 1.807) is 0 Å². The van der Waals surface area contributed by atoms with Crippen molar-refractivity contribution in [1.82, 2.24) is 4.31 Å². The number of piperazine rings is 1. The molecule has 0 bridgehead atoms. The Labute approximate surface area is 174 Å². The van der Waals surface area contributed by atoms with Gasteiger partial charge in [0, 0.05) is 49.8 Å². The van der Waals surface area contributed by atoms with Crippen LogP contribution in [0.5, 0.6) is 0 Å². The smallest absolute Gasteiger partial charge is 0.0479 e. The lowest BCUT2D eigenvalue weighted by molar-refractivity contribution is 0.0805. The maximum Gasteiger partial charge on any atom is 0.0479 e. The lowest BCUT2D eigenvalue weighted by Gasteiger charge is -2.41. The van der Waals surface area contributed by atoms with Crippen LogP contribution in [0.2, 0.25) is 0 Å². The van der Waals surface area contributed by atoms with Crippen molar-refractivity contribution in [1.29, 1.82) is 0 Å². The van der Waals surface area contributed by atoms with Crippen LogP contribution in [-0.2, 0) is 4.74 Å². The van der Waals surface area contributed by atoms with Crippen LogP contribution in [-0.4, -0.2) is 48.4 Å². The first-order valence-electron chi connectivity index (χ1n) is 10.5. The first-order valence-corrected chi connectivity index (χ1v) is 11.2. The molecule has 2 heterocycles. The lowest BCUT2D eigenvalue weighted by atomic mass is 10.0. The standard InChI is InChI=1S/C24H32N2OS/c1-19-4-5-22(18-20(19)2)21-6-8-23(9-7-21)25-12-14-26(15-13-25)28-24(3)10-16-27-17-11-24/h4-9,18H,10-17H2,1-3H3. The maximum atomic E-state index is 5.54. The molecule has 0 aliphatic carbocycles. The van der Waals surface area contributed by atoms with E-state index in [2.05, 4.69) is 84.4 Å². The Balaban J connectivity index is 1.35. The summed E-state index contributed by atoms with van der Waals surface area (Å²) < 4.78 is 8.47. The summed E-state index contributed by atoms with van der Waals surface area (Å²) in [6.45, 7) is 13.0. The molecule has 2 aromatic rings. The third-order valence-electron chi connectivity index (χ3n) is 6.21. The van der Waals surface area contributed by atoms with E-state index in [-0.39, 0.29) is 0 Å². The second-order valence-electron chi connectivity index (χ2n) is 8.42. The number of rotatable bonds is 4. The quantitative estimate of drug-likeness (QED) is 0.651. The minimum atomic E-state index is 0.355. The molecule has 0 saturated carbocycles. The van der Waals surface area contributed by atoms with Gasteiger partial charge in [0.25, 0.3) is 0 Å². The molecule has 2 aliphatic heterocycles. The Kier molecular flexibility index (Phi) is 6.00. The van der Waals surface area contributed by atoms with Crippen molar-refractivity contribution in [2.45, 2.75) is 38.4 Å². The maximum absolute atomic E-state index is 5.54. The van der Waals surface area contributed by atoms with Gasteiger partial charge in [0.2, 0.25) is 0 Å². The van der Waals surface area contributed by atoms with Crippen LogP contribution >= 0.6 is 11.9 Å². The van der Waals surface area contributed by atoms with E-state index in [9.17, 15) is 0 Å². The molecule has 4 heteroatoms. The van der Waals surface area contributed by atoms with Gasteiger partial charge in [-0.25, -0.2) is 4.31 Å². The highest BCUT2D eigenvalue weighted by molar-refractivity contribution is 7.98. The molecule has 150 valence electrons. The molecule has 4 rings (SSSR count). The van der Waals surface area contributed by atoms with E-state index in [1.807, 2.05) is 0 Å². The molecule has 0 unspecified atom stereocenters. The Morgan fingerprint density at radius 3 is 2.11 bits per heavy atom. The van der Waals surface area contributed by atoms with Crippen molar-refractivity contribution in [3.05, 3.63) is 53.6 Å². The summed E-state index contributed by atoms with van der Waals surface area (Å²) in [7, 11) is 0. The Bertz CT molecular complexity index is 791. The zero-order valence-corrected chi connectivity index (χ0v) is 18.2. The van der Waals surface area contributed by atoms with Gasteiger partial charge in [-0.1, -0.05) is 42.3 Å². The minimum absolute atomic E-state index is 0.355. The molecule has 0 aromatic heterocycles. The van der Waals surface area contributed by atoms with Gasteiger partial charge in [-0.05, 0) is 68.0 Å². The largest absolute Gasteiger partial charge is 0.381 e. The van der Waals surface area contributed by atoms with Gasteiger partial charge in [0.05, 0.1) is 0 Å². The first kappa shape index (κ1) is 19.8. The van der Waals surface area contributed by atoms with Crippen LogP contribution in [0.1, 0.15) is 30.9 Å². The minimum Gasteiger partial charge on any atom is -0.381 e.